The first-order chi connectivity index (χ1) is 22.1. The lowest BCUT2D eigenvalue weighted by atomic mass is 10.1. The molecule has 0 spiro atoms. The van der Waals surface area contributed by atoms with Crippen molar-refractivity contribution in [1.29, 1.82) is 0 Å². The zero-order valence-electron chi connectivity index (χ0n) is 30.8. The molecule has 0 aromatic rings. The highest BCUT2D eigenvalue weighted by Crippen LogP contribution is 2.12. The molecule has 0 aliphatic rings. The second-order valence-corrected chi connectivity index (χ2v) is 17.1. The Bertz CT molecular complexity index is 1150. The molecule has 0 N–H and O–H groups in total. The fourth-order valence-corrected chi connectivity index (χ4v) is 5.76. The van der Waals surface area contributed by atoms with Crippen molar-refractivity contribution in [2.24, 2.45) is 0 Å². The van der Waals surface area contributed by atoms with E-state index in [4.69, 9.17) is 9.47 Å². The first-order valence-electron chi connectivity index (χ1n) is 17.2. The van der Waals surface area contributed by atoms with Crippen LogP contribution in [0.1, 0.15) is 104 Å². The van der Waals surface area contributed by atoms with Crippen molar-refractivity contribution < 1.29 is 54.0 Å². The number of carbonyl (C=O) groups is 2. The number of unbranched alkanes of at least 4 members (excludes halogenated alkanes) is 12. The molecule has 0 aromatic carbocycles. The summed E-state index contributed by atoms with van der Waals surface area (Å²) < 4.78 is 74.6. The largest absolute Gasteiger partial charge is 0.748 e. The highest BCUT2D eigenvalue weighted by atomic mass is 32.2. The van der Waals surface area contributed by atoms with E-state index < -0.39 is 20.2 Å². The zero-order chi connectivity index (χ0) is 37.3. The molecule has 14 heteroatoms. The maximum absolute atomic E-state index is 11.4. The number of nitrogens with zero attached hydrogens (tertiary/aromatic N) is 2. The number of esters is 2. The summed E-state index contributed by atoms with van der Waals surface area (Å²) >= 11 is 0. The summed E-state index contributed by atoms with van der Waals surface area (Å²) in [7, 11) is 0.313. The van der Waals surface area contributed by atoms with Crippen LogP contribution in [0.5, 0.6) is 0 Å². The van der Waals surface area contributed by atoms with Crippen molar-refractivity contribution in [2.45, 2.75) is 104 Å². The fraction of sp³-hybridized carbons (Fsp3) is 0.824. The third kappa shape index (κ3) is 35.5. The lowest BCUT2D eigenvalue weighted by Crippen LogP contribution is -2.43. The Hall–Kier alpha value is -1.84. The van der Waals surface area contributed by atoms with Gasteiger partial charge in [0.25, 0.3) is 0 Å². The van der Waals surface area contributed by atoms with Gasteiger partial charge in [0.2, 0.25) is 0 Å². The van der Waals surface area contributed by atoms with Gasteiger partial charge in [-0.1, -0.05) is 64.5 Å². The van der Waals surface area contributed by atoms with Gasteiger partial charge in [0, 0.05) is 22.7 Å². The van der Waals surface area contributed by atoms with Crippen LogP contribution >= 0.6 is 0 Å². The second kappa shape index (κ2) is 26.0. The highest BCUT2D eigenvalue weighted by Gasteiger charge is 2.17. The van der Waals surface area contributed by atoms with E-state index in [9.17, 15) is 35.5 Å². The summed E-state index contributed by atoms with van der Waals surface area (Å²) in [4.78, 5) is 22.6. The van der Waals surface area contributed by atoms with E-state index in [0.717, 1.165) is 67.1 Å². The maximum atomic E-state index is 11.4. The summed E-state index contributed by atoms with van der Waals surface area (Å²) in [6.07, 6.45) is 13.7. The van der Waals surface area contributed by atoms with Gasteiger partial charge in [0.1, 0.15) is 26.3 Å². The van der Waals surface area contributed by atoms with Crippen LogP contribution in [0, 0.1) is 0 Å². The minimum atomic E-state index is -4.08. The number of likely N-dealkylation sites (N-methyl/N-ethyl adjacent to an activating group) is 2. The highest BCUT2D eigenvalue weighted by molar-refractivity contribution is 7.85. The normalized spacial score (nSPS) is 12.2. The van der Waals surface area contributed by atoms with Crippen LogP contribution in [0.3, 0.4) is 0 Å². The fourth-order valence-electron chi connectivity index (χ4n) is 4.65. The molecule has 0 heterocycles. The summed E-state index contributed by atoms with van der Waals surface area (Å²) in [5, 5.41) is 0. The number of hydrogen-bond donors (Lipinski definition) is 0. The van der Waals surface area contributed by atoms with Crippen LogP contribution in [0.25, 0.3) is 0 Å². The molecule has 0 bridgehead atoms. The van der Waals surface area contributed by atoms with Crippen molar-refractivity contribution in [1.82, 2.24) is 0 Å². The Balaban J connectivity index is 0. The summed E-state index contributed by atoms with van der Waals surface area (Å²) in [6, 6.07) is 0. The molecule has 48 heavy (non-hydrogen) atoms. The van der Waals surface area contributed by atoms with Gasteiger partial charge >= 0.3 is 11.9 Å². The molecule has 0 amide bonds. The number of ether oxygens (including phenoxy) is 2. The molecule has 12 nitrogen and oxygen atoms in total. The van der Waals surface area contributed by atoms with Crippen LogP contribution in [0.4, 0.5) is 0 Å². The minimum absolute atomic E-state index is 0.224. The van der Waals surface area contributed by atoms with Crippen molar-refractivity contribution in [3.05, 3.63) is 24.3 Å². The van der Waals surface area contributed by atoms with E-state index in [2.05, 4.69) is 41.3 Å². The number of carbonyl (C=O) groups excluding carboxylic acids is 2. The van der Waals surface area contributed by atoms with Gasteiger partial charge in [-0.25, -0.2) is 26.4 Å². The molecular formula is C34H66N2O10S2. The van der Waals surface area contributed by atoms with Crippen LogP contribution in [0.2, 0.25) is 0 Å². The second-order valence-electron chi connectivity index (χ2n) is 14.1. The molecule has 0 atom stereocenters. The summed E-state index contributed by atoms with van der Waals surface area (Å²) in [6.45, 7) is 14.7. The first-order valence-corrected chi connectivity index (χ1v) is 20.4. The smallest absolute Gasteiger partial charge is 0.333 e. The number of rotatable bonds is 28. The van der Waals surface area contributed by atoms with E-state index in [-0.39, 0.29) is 23.4 Å². The number of quaternary nitrogens is 2. The van der Waals surface area contributed by atoms with Gasteiger partial charge in [-0.2, -0.15) is 0 Å². The van der Waals surface area contributed by atoms with Crippen molar-refractivity contribution in [3.8, 4) is 0 Å². The Morgan fingerprint density at radius 3 is 1.00 bits per heavy atom. The van der Waals surface area contributed by atoms with Crippen molar-refractivity contribution in [3.63, 3.8) is 0 Å². The molecule has 0 aliphatic heterocycles. The SMILES string of the molecule is C=C(C)C(=O)OCC[N+](C)(C)CCCCCCCCCCCCS(=O)(=O)[O-].C=C(C)C(=O)OCC[N+](C)(C)CCCCCCS(=O)(=O)[O-]. The predicted molar refractivity (Wildman–Crippen MR) is 189 cm³/mol. The van der Waals surface area contributed by atoms with E-state index >= 15 is 0 Å². The molecule has 0 aliphatic carbocycles. The quantitative estimate of drug-likeness (QED) is 0.0355. The van der Waals surface area contributed by atoms with Gasteiger partial charge < -0.3 is 27.5 Å². The molecule has 0 radical (unpaired) electrons. The van der Waals surface area contributed by atoms with Crippen LogP contribution in [-0.4, -0.2) is 126 Å². The van der Waals surface area contributed by atoms with Crippen LogP contribution in [-0.2, 0) is 39.3 Å². The molecular weight excluding hydrogens is 661 g/mol. The number of hydrogen-bond acceptors (Lipinski definition) is 10. The van der Waals surface area contributed by atoms with Gasteiger partial charge in [0.15, 0.2) is 0 Å². The molecule has 0 saturated heterocycles. The zero-order valence-corrected chi connectivity index (χ0v) is 32.4. The van der Waals surface area contributed by atoms with Gasteiger partial charge in [0.05, 0.1) is 61.5 Å². The third-order valence-electron chi connectivity index (χ3n) is 7.87. The standard InChI is InChI=1S/C20H39NO5S.C14H27NO5S/c1-19(2)20(22)26-17-16-21(3,4)15-13-11-9-7-5-6-8-10-12-14-18-27(23,24)25;1-13(2)14(16)20-11-10-15(3,4)9-7-5-6-8-12-21(17,18)19/h1,5-18H2,2-4H3;1,5-12H2,2-4H3. The average molecular weight is 727 g/mol. The predicted octanol–water partition coefficient (Wildman–Crippen LogP) is 4.92. The lowest BCUT2D eigenvalue weighted by molar-refractivity contribution is -0.890. The van der Waals surface area contributed by atoms with Gasteiger partial charge in [-0.3, -0.25) is 0 Å². The molecule has 284 valence electrons. The van der Waals surface area contributed by atoms with E-state index in [1.165, 1.54) is 38.5 Å². The maximum Gasteiger partial charge on any atom is 0.333 e. The van der Waals surface area contributed by atoms with E-state index in [1.54, 1.807) is 13.8 Å². The molecule has 0 saturated carbocycles. The summed E-state index contributed by atoms with van der Waals surface area (Å²) in [5.41, 5.74) is 0.837. The van der Waals surface area contributed by atoms with Crippen LogP contribution in [0.15, 0.2) is 24.3 Å². The first kappa shape index (κ1) is 48.3. The van der Waals surface area contributed by atoms with E-state index in [1.807, 2.05) is 0 Å². The Labute approximate surface area is 292 Å². The lowest BCUT2D eigenvalue weighted by Gasteiger charge is -2.29. The monoisotopic (exact) mass is 726 g/mol. The molecule has 0 fully saturated rings. The Morgan fingerprint density at radius 1 is 0.500 bits per heavy atom. The minimum Gasteiger partial charge on any atom is -0.748 e. The van der Waals surface area contributed by atoms with E-state index in [0.29, 0.717) is 43.7 Å². The van der Waals surface area contributed by atoms with Crippen molar-refractivity contribution in [2.75, 3.05) is 79.1 Å². The average Bonchev–Trinajstić information content (AvgIpc) is 2.94. The molecule has 0 unspecified atom stereocenters. The van der Waals surface area contributed by atoms with Gasteiger partial charge in [-0.05, 0) is 52.4 Å². The molecule has 0 rings (SSSR count). The van der Waals surface area contributed by atoms with Crippen molar-refractivity contribution >= 4 is 32.2 Å². The Morgan fingerprint density at radius 2 is 0.750 bits per heavy atom. The Kier molecular flexibility index (Phi) is 26.2. The van der Waals surface area contributed by atoms with Gasteiger partial charge in [-0.15, -0.1) is 0 Å². The topological polar surface area (TPSA) is 167 Å². The third-order valence-corrected chi connectivity index (χ3v) is 9.45. The molecule has 0 aromatic heterocycles. The summed E-state index contributed by atoms with van der Waals surface area (Å²) in [5.74, 6) is -1.18. The van der Waals surface area contributed by atoms with Crippen LogP contribution < -0.4 is 0 Å².